The lowest BCUT2D eigenvalue weighted by Gasteiger charge is -2.11. The summed E-state index contributed by atoms with van der Waals surface area (Å²) in [6.45, 7) is 3.90. The first kappa shape index (κ1) is 12.2. The number of methoxy groups -OCH3 is 1. The van der Waals surface area contributed by atoms with Gasteiger partial charge in [-0.15, -0.1) is 0 Å². The molecule has 0 aliphatic carbocycles. The monoisotopic (exact) mass is 225 g/mol. The summed E-state index contributed by atoms with van der Waals surface area (Å²) in [4.78, 5) is 18.7. The van der Waals surface area contributed by atoms with Crippen LogP contribution in [0.1, 0.15) is 17.9 Å². The van der Waals surface area contributed by atoms with Gasteiger partial charge in [0.15, 0.2) is 11.6 Å². The van der Waals surface area contributed by atoms with Gasteiger partial charge in [-0.1, -0.05) is 0 Å². The number of ether oxygens (including phenoxy) is 1. The number of aliphatic carboxylic acids is 1. The molecule has 0 aliphatic rings. The number of nitrogens with zero attached hydrogens (tertiary/aromatic N) is 2. The third kappa shape index (κ3) is 3.08. The lowest BCUT2D eigenvalue weighted by atomic mass is 10.3. The molecule has 1 rings (SSSR count). The average molecular weight is 225 g/mol. The summed E-state index contributed by atoms with van der Waals surface area (Å²) in [6, 6.07) is 0. The molecule has 0 saturated heterocycles. The highest BCUT2D eigenvalue weighted by Gasteiger charge is 2.10. The zero-order valence-electron chi connectivity index (χ0n) is 9.57. The number of carboxylic acids is 1. The van der Waals surface area contributed by atoms with E-state index in [2.05, 4.69) is 15.3 Å². The first-order valence-electron chi connectivity index (χ1n) is 4.89. The molecule has 6 heteroatoms. The van der Waals surface area contributed by atoms with Gasteiger partial charge in [0.25, 0.3) is 0 Å². The predicted octanol–water partition coefficient (Wildman–Crippen LogP) is 0.989. The molecule has 0 bridgehead atoms. The second-order valence-electron chi connectivity index (χ2n) is 3.31. The molecule has 0 unspecified atom stereocenters. The summed E-state index contributed by atoms with van der Waals surface area (Å²) in [6.07, 6.45) is 0.0330. The molecule has 1 aromatic rings. The fraction of sp³-hybridized carbons (Fsp3) is 0.500. The smallest absolute Gasteiger partial charge is 0.305 e. The zero-order chi connectivity index (χ0) is 12.1. The van der Waals surface area contributed by atoms with Crippen LogP contribution in [0, 0.1) is 13.8 Å². The van der Waals surface area contributed by atoms with Crippen molar-refractivity contribution in [3.63, 3.8) is 0 Å². The number of anilines is 1. The minimum absolute atomic E-state index is 0.0330. The second-order valence-corrected chi connectivity index (χ2v) is 3.31. The molecule has 1 heterocycles. The Kier molecular flexibility index (Phi) is 4.04. The van der Waals surface area contributed by atoms with E-state index in [9.17, 15) is 4.79 Å². The van der Waals surface area contributed by atoms with Crippen LogP contribution in [0.5, 0.6) is 5.75 Å². The summed E-state index contributed by atoms with van der Waals surface area (Å²) in [7, 11) is 1.53. The van der Waals surface area contributed by atoms with Crippen molar-refractivity contribution in [3.05, 3.63) is 11.5 Å². The van der Waals surface area contributed by atoms with Crippen LogP contribution in [0.25, 0.3) is 0 Å². The number of aromatic nitrogens is 2. The van der Waals surface area contributed by atoms with Gasteiger partial charge in [-0.3, -0.25) is 4.79 Å². The lowest BCUT2D eigenvalue weighted by molar-refractivity contribution is -0.136. The van der Waals surface area contributed by atoms with Crippen LogP contribution in [0.2, 0.25) is 0 Å². The van der Waals surface area contributed by atoms with Crippen LogP contribution >= 0.6 is 0 Å². The molecule has 0 saturated carbocycles. The highest BCUT2D eigenvalue weighted by atomic mass is 16.5. The molecule has 0 atom stereocenters. The summed E-state index contributed by atoms with van der Waals surface area (Å²) in [5, 5.41) is 11.4. The van der Waals surface area contributed by atoms with E-state index >= 15 is 0 Å². The van der Waals surface area contributed by atoms with Gasteiger partial charge in [0.2, 0.25) is 0 Å². The third-order valence-electron chi connectivity index (χ3n) is 1.98. The maximum atomic E-state index is 10.4. The van der Waals surface area contributed by atoms with Crippen molar-refractivity contribution in [2.75, 3.05) is 19.0 Å². The van der Waals surface area contributed by atoms with Crippen molar-refractivity contribution >= 4 is 11.8 Å². The van der Waals surface area contributed by atoms with Crippen LogP contribution in [0.4, 0.5) is 5.82 Å². The van der Waals surface area contributed by atoms with Crippen molar-refractivity contribution in [3.8, 4) is 5.75 Å². The zero-order valence-corrected chi connectivity index (χ0v) is 9.57. The van der Waals surface area contributed by atoms with Crippen LogP contribution in [-0.2, 0) is 4.79 Å². The summed E-state index contributed by atoms with van der Waals surface area (Å²) >= 11 is 0. The Bertz CT molecular complexity index is 393. The number of aryl methyl sites for hydroxylation is 2. The third-order valence-corrected chi connectivity index (χ3v) is 1.98. The van der Waals surface area contributed by atoms with Gasteiger partial charge in [-0.05, 0) is 13.8 Å². The topological polar surface area (TPSA) is 84.3 Å². The molecule has 0 fully saturated rings. The van der Waals surface area contributed by atoms with E-state index in [1.54, 1.807) is 6.92 Å². The Labute approximate surface area is 93.7 Å². The Morgan fingerprint density at radius 1 is 1.44 bits per heavy atom. The molecular formula is C10H15N3O3. The van der Waals surface area contributed by atoms with Gasteiger partial charge < -0.3 is 15.2 Å². The first-order valence-corrected chi connectivity index (χ1v) is 4.89. The first-order chi connectivity index (χ1) is 7.54. The van der Waals surface area contributed by atoms with Gasteiger partial charge in [-0.2, -0.15) is 0 Å². The molecule has 6 nitrogen and oxygen atoms in total. The molecule has 0 aliphatic heterocycles. The van der Waals surface area contributed by atoms with Gasteiger partial charge in [-0.25, -0.2) is 9.97 Å². The molecular weight excluding hydrogens is 210 g/mol. The molecule has 0 amide bonds. The molecule has 16 heavy (non-hydrogen) atoms. The van der Waals surface area contributed by atoms with Crippen molar-refractivity contribution < 1.29 is 14.6 Å². The number of hydrogen-bond donors (Lipinski definition) is 2. The quantitative estimate of drug-likeness (QED) is 0.777. The van der Waals surface area contributed by atoms with Crippen molar-refractivity contribution in [1.82, 2.24) is 9.97 Å². The largest absolute Gasteiger partial charge is 0.491 e. The molecule has 0 radical (unpaired) electrons. The summed E-state index contributed by atoms with van der Waals surface area (Å²) in [5.41, 5.74) is 0.729. The number of carboxylic acid groups (broad SMARTS) is 1. The van der Waals surface area contributed by atoms with Crippen LogP contribution in [-0.4, -0.2) is 34.7 Å². The number of rotatable bonds is 5. The Hall–Kier alpha value is -1.85. The molecule has 0 aromatic carbocycles. The van der Waals surface area contributed by atoms with E-state index in [4.69, 9.17) is 9.84 Å². The van der Waals surface area contributed by atoms with E-state index in [1.165, 1.54) is 7.11 Å². The fourth-order valence-corrected chi connectivity index (χ4v) is 1.35. The number of carbonyl (C=O) groups is 1. The minimum atomic E-state index is -0.853. The van der Waals surface area contributed by atoms with Crippen LogP contribution < -0.4 is 10.1 Å². The van der Waals surface area contributed by atoms with Crippen molar-refractivity contribution in [2.24, 2.45) is 0 Å². The Balaban J connectivity index is 2.81. The predicted molar refractivity (Wildman–Crippen MR) is 58.8 cm³/mol. The highest BCUT2D eigenvalue weighted by molar-refractivity contribution is 5.67. The second kappa shape index (κ2) is 5.29. The van der Waals surface area contributed by atoms with E-state index in [0.29, 0.717) is 23.9 Å². The van der Waals surface area contributed by atoms with Crippen molar-refractivity contribution in [1.29, 1.82) is 0 Å². The summed E-state index contributed by atoms with van der Waals surface area (Å²) in [5.74, 6) is 0.856. The normalized spacial score (nSPS) is 9.94. The summed E-state index contributed by atoms with van der Waals surface area (Å²) < 4.78 is 5.15. The molecule has 0 spiro atoms. The van der Waals surface area contributed by atoms with Crippen LogP contribution in [0.15, 0.2) is 0 Å². The number of nitrogens with one attached hydrogen (secondary N) is 1. The molecule has 2 N–H and O–H groups in total. The maximum absolute atomic E-state index is 10.4. The van der Waals surface area contributed by atoms with Gasteiger partial charge >= 0.3 is 5.97 Å². The standard InChI is InChI=1S/C10H15N3O3/c1-6-9(16-3)10(13-7(2)12-6)11-5-4-8(14)15/h4-5H2,1-3H3,(H,14,15)(H,11,12,13). The van der Waals surface area contributed by atoms with Gasteiger partial charge in [0.1, 0.15) is 5.82 Å². The molecule has 88 valence electrons. The Morgan fingerprint density at radius 2 is 2.12 bits per heavy atom. The maximum Gasteiger partial charge on any atom is 0.305 e. The fourth-order valence-electron chi connectivity index (χ4n) is 1.35. The van der Waals surface area contributed by atoms with Gasteiger partial charge in [0, 0.05) is 6.54 Å². The van der Waals surface area contributed by atoms with E-state index < -0.39 is 5.97 Å². The number of hydrogen-bond acceptors (Lipinski definition) is 5. The molecule has 1 aromatic heterocycles. The van der Waals surface area contributed by atoms with E-state index in [1.807, 2.05) is 6.92 Å². The van der Waals surface area contributed by atoms with E-state index in [-0.39, 0.29) is 6.42 Å². The minimum Gasteiger partial charge on any atom is -0.491 e. The highest BCUT2D eigenvalue weighted by Crippen LogP contribution is 2.24. The van der Waals surface area contributed by atoms with Crippen molar-refractivity contribution in [2.45, 2.75) is 20.3 Å². The Morgan fingerprint density at radius 3 is 2.69 bits per heavy atom. The van der Waals surface area contributed by atoms with E-state index in [0.717, 1.165) is 5.69 Å². The average Bonchev–Trinajstić information content (AvgIpc) is 2.16. The van der Waals surface area contributed by atoms with Crippen LogP contribution in [0.3, 0.4) is 0 Å². The van der Waals surface area contributed by atoms with Gasteiger partial charge in [0.05, 0.1) is 19.2 Å². The lowest BCUT2D eigenvalue weighted by Crippen LogP contribution is -2.11. The SMILES string of the molecule is COc1c(C)nc(C)nc1NCCC(=O)O.